The SMILES string of the molecule is CC/C=C\C/C=C\C/C=C\C/C=C\CCCCCCC(=O)OC(COC(=O)CCCCCCC/C=C\CCCC)COC(=O)CCCCCCCCCCCCCCCCCCCCCCC. The zero-order valence-corrected chi connectivity index (χ0v) is 44.4. The molecular weight excluding hydrogens is 829 g/mol. The van der Waals surface area contributed by atoms with Crippen LogP contribution in [0, 0.1) is 0 Å². The summed E-state index contributed by atoms with van der Waals surface area (Å²) in [5.41, 5.74) is 0. The molecule has 0 amide bonds. The van der Waals surface area contributed by atoms with E-state index in [1.807, 2.05) is 0 Å². The van der Waals surface area contributed by atoms with Crippen molar-refractivity contribution in [3.63, 3.8) is 0 Å². The minimum atomic E-state index is -0.788. The Labute approximate surface area is 415 Å². The third-order valence-corrected chi connectivity index (χ3v) is 12.5. The summed E-state index contributed by atoms with van der Waals surface area (Å²) in [5, 5.41) is 0. The van der Waals surface area contributed by atoms with Crippen LogP contribution in [-0.4, -0.2) is 37.2 Å². The highest BCUT2D eigenvalue weighted by atomic mass is 16.6. The van der Waals surface area contributed by atoms with E-state index in [9.17, 15) is 14.4 Å². The second-order valence-corrected chi connectivity index (χ2v) is 19.2. The van der Waals surface area contributed by atoms with Gasteiger partial charge in [-0.2, -0.15) is 0 Å². The largest absolute Gasteiger partial charge is 0.462 e. The molecule has 67 heavy (non-hydrogen) atoms. The van der Waals surface area contributed by atoms with Crippen molar-refractivity contribution in [2.24, 2.45) is 0 Å². The van der Waals surface area contributed by atoms with Gasteiger partial charge in [-0.3, -0.25) is 14.4 Å². The molecule has 0 aromatic heterocycles. The molecule has 6 nitrogen and oxygen atoms in total. The van der Waals surface area contributed by atoms with Crippen LogP contribution in [0.4, 0.5) is 0 Å². The fraction of sp³-hybridized carbons (Fsp3) is 0.787. The van der Waals surface area contributed by atoms with Crippen molar-refractivity contribution in [2.45, 2.75) is 297 Å². The zero-order chi connectivity index (χ0) is 48.6. The zero-order valence-electron chi connectivity index (χ0n) is 44.4. The van der Waals surface area contributed by atoms with E-state index in [1.54, 1.807) is 0 Å². The third-order valence-electron chi connectivity index (χ3n) is 12.5. The van der Waals surface area contributed by atoms with Crippen LogP contribution in [-0.2, 0) is 28.6 Å². The average Bonchev–Trinajstić information content (AvgIpc) is 3.33. The highest BCUT2D eigenvalue weighted by Crippen LogP contribution is 2.16. The number of carbonyl (C=O) groups is 3. The van der Waals surface area contributed by atoms with E-state index >= 15 is 0 Å². The van der Waals surface area contributed by atoms with E-state index in [4.69, 9.17) is 14.2 Å². The minimum absolute atomic E-state index is 0.0845. The maximum Gasteiger partial charge on any atom is 0.306 e. The van der Waals surface area contributed by atoms with Gasteiger partial charge in [0.05, 0.1) is 0 Å². The van der Waals surface area contributed by atoms with Crippen LogP contribution in [0.15, 0.2) is 60.8 Å². The second-order valence-electron chi connectivity index (χ2n) is 19.2. The molecule has 1 unspecified atom stereocenters. The van der Waals surface area contributed by atoms with Crippen LogP contribution in [0.1, 0.15) is 290 Å². The Kier molecular flexibility index (Phi) is 53.3. The highest BCUT2D eigenvalue weighted by molar-refractivity contribution is 5.71. The second kappa shape index (κ2) is 55.7. The number of hydrogen-bond donors (Lipinski definition) is 0. The summed E-state index contributed by atoms with van der Waals surface area (Å²) in [6.07, 6.45) is 69.3. The van der Waals surface area contributed by atoms with Crippen LogP contribution in [0.25, 0.3) is 0 Å². The summed E-state index contributed by atoms with van der Waals surface area (Å²) >= 11 is 0. The summed E-state index contributed by atoms with van der Waals surface area (Å²) < 4.78 is 16.8. The summed E-state index contributed by atoms with van der Waals surface area (Å²) in [5.74, 6) is -0.908. The number of allylic oxidation sites excluding steroid dienone is 10. The molecule has 0 aromatic carbocycles. The number of carbonyl (C=O) groups excluding carboxylic acids is 3. The maximum atomic E-state index is 12.8. The smallest absolute Gasteiger partial charge is 0.306 e. The van der Waals surface area contributed by atoms with Gasteiger partial charge in [-0.15, -0.1) is 0 Å². The van der Waals surface area contributed by atoms with Gasteiger partial charge in [0, 0.05) is 19.3 Å². The lowest BCUT2D eigenvalue weighted by molar-refractivity contribution is -0.167. The lowest BCUT2D eigenvalue weighted by atomic mass is 10.0. The van der Waals surface area contributed by atoms with Crippen LogP contribution in [0.2, 0.25) is 0 Å². The van der Waals surface area contributed by atoms with Crippen molar-refractivity contribution >= 4 is 17.9 Å². The van der Waals surface area contributed by atoms with Gasteiger partial charge in [0.15, 0.2) is 6.10 Å². The van der Waals surface area contributed by atoms with Crippen molar-refractivity contribution < 1.29 is 28.6 Å². The van der Waals surface area contributed by atoms with E-state index in [0.717, 1.165) is 103 Å². The predicted molar refractivity (Wildman–Crippen MR) is 288 cm³/mol. The van der Waals surface area contributed by atoms with Gasteiger partial charge in [-0.25, -0.2) is 0 Å². The predicted octanol–water partition coefficient (Wildman–Crippen LogP) is 19.2. The topological polar surface area (TPSA) is 78.9 Å². The van der Waals surface area contributed by atoms with E-state index in [2.05, 4.69) is 81.5 Å². The van der Waals surface area contributed by atoms with Crippen LogP contribution in [0.3, 0.4) is 0 Å². The number of unbranched alkanes of at least 4 members (excludes halogenated alkanes) is 31. The summed E-state index contributed by atoms with van der Waals surface area (Å²) in [4.78, 5) is 38.1. The quantitative estimate of drug-likeness (QED) is 0.0262. The molecule has 0 saturated heterocycles. The van der Waals surface area contributed by atoms with Gasteiger partial charge >= 0.3 is 17.9 Å². The molecule has 0 fully saturated rings. The summed E-state index contributed by atoms with van der Waals surface area (Å²) in [6.45, 7) is 6.49. The molecule has 0 radical (unpaired) electrons. The van der Waals surface area contributed by atoms with Crippen molar-refractivity contribution in [1.82, 2.24) is 0 Å². The number of ether oxygens (including phenoxy) is 3. The molecule has 0 aromatic rings. The molecule has 6 heteroatoms. The first-order chi connectivity index (χ1) is 33.0. The van der Waals surface area contributed by atoms with Gasteiger partial charge in [-0.1, -0.05) is 255 Å². The molecular formula is C61H108O6. The Morgan fingerprint density at radius 2 is 0.597 bits per heavy atom. The Hall–Kier alpha value is -2.89. The van der Waals surface area contributed by atoms with Crippen molar-refractivity contribution in [2.75, 3.05) is 13.2 Å². The number of esters is 3. The number of hydrogen-bond acceptors (Lipinski definition) is 6. The molecule has 0 rings (SSSR count). The molecule has 0 aliphatic heterocycles. The van der Waals surface area contributed by atoms with Crippen molar-refractivity contribution in [3.8, 4) is 0 Å². The standard InChI is InChI=1S/C61H108O6/c1-4-7-10-13-16-19-22-24-26-28-29-30-31-33-34-36-39-42-45-48-51-54-60(63)66-57-58(56-65-59(62)53-50-47-44-41-38-21-18-15-12-9-6-3)67-61(64)55-52-49-46-43-40-37-35-32-27-25-23-20-17-14-11-8-5-2/h8,11,15,17-18,20,25,27,35,37,58H,4-7,9-10,12-14,16,19,21-24,26,28-34,36,38-57H2,1-3H3/b11-8-,18-15-,20-17-,27-25-,37-35-. The molecule has 388 valence electrons. The lowest BCUT2D eigenvalue weighted by Gasteiger charge is -2.18. The Morgan fingerprint density at radius 1 is 0.313 bits per heavy atom. The molecule has 0 heterocycles. The van der Waals surface area contributed by atoms with E-state index < -0.39 is 6.10 Å². The lowest BCUT2D eigenvalue weighted by Crippen LogP contribution is -2.30. The molecule has 1 atom stereocenters. The van der Waals surface area contributed by atoms with Gasteiger partial charge in [0.1, 0.15) is 13.2 Å². The number of rotatable bonds is 52. The van der Waals surface area contributed by atoms with Crippen LogP contribution in [0.5, 0.6) is 0 Å². The van der Waals surface area contributed by atoms with Crippen molar-refractivity contribution in [1.29, 1.82) is 0 Å². The van der Waals surface area contributed by atoms with Gasteiger partial charge in [-0.05, 0) is 77.0 Å². The fourth-order valence-corrected chi connectivity index (χ4v) is 8.18. The third kappa shape index (κ3) is 53.9. The molecule has 0 bridgehead atoms. The highest BCUT2D eigenvalue weighted by Gasteiger charge is 2.19. The molecule has 0 aliphatic rings. The molecule has 0 aliphatic carbocycles. The Balaban J connectivity index is 4.32. The van der Waals surface area contributed by atoms with E-state index in [0.29, 0.717) is 19.3 Å². The maximum absolute atomic E-state index is 12.8. The Morgan fingerprint density at radius 3 is 0.970 bits per heavy atom. The summed E-state index contributed by atoms with van der Waals surface area (Å²) in [6, 6.07) is 0. The van der Waals surface area contributed by atoms with Crippen molar-refractivity contribution in [3.05, 3.63) is 60.8 Å². The minimum Gasteiger partial charge on any atom is -0.462 e. The van der Waals surface area contributed by atoms with Gasteiger partial charge in [0.2, 0.25) is 0 Å². The Bertz CT molecular complexity index is 1210. The van der Waals surface area contributed by atoms with Gasteiger partial charge < -0.3 is 14.2 Å². The first-order valence-corrected chi connectivity index (χ1v) is 28.8. The molecule has 0 saturated carbocycles. The average molecular weight is 938 g/mol. The molecule has 0 N–H and O–H groups in total. The van der Waals surface area contributed by atoms with Crippen LogP contribution >= 0.6 is 0 Å². The molecule has 0 spiro atoms. The normalized spacial score (nSPS) is 12.5. The first kappa shape index (κ1) is 64.1. The first-order valence-electron chi connectivity index (χ1n) is 28.8. The van der Waals surface area contributed by atoms with Crippen LogP contribution < -0.4 is 0 Å². The summed E-state index contributed by atoms with van der Waals surface area (Å²) in [7, 11) is 0. The fourth-order valence-electron chi connectivity index (χ4n) is 8.18. The van der Waals surface area contributed by atoms with Gasteiger partial charge in [0.25, 0.3) is 0 Å². The van der Waals surface area contributed by atoms with E-state index in [-0.39, 0.29) is 31.1 Å². The van der Waals surface area contributed by atoms with E-state index in [1.165, 1.54) is 148 Å². The monoisotopic (exact) mass is 937 g/mol.